The minimum atomic E-state index is -1.96. The highest BCUT2D eigenvalue weighted by atomic mass is 79.9. The van der Waals surface area contributed by atoms with E-state index in [0.717, 1.165) is 10.6 Å². The fourth-order valence-corrected chi connectivity index (χ4v) is 9.37. The van der Waals surface area contributed by atoms with Crippen LogP contribution in [0.1, 0.15) is 24.3 Å². The Kier molecular flexibility index (Phi) is 8.35. The molecular formula is C36H32BrCl2N5O6. The number of amides is 4. The number of likely N-dealkylation sites (tertiary alicyclic amines) is 1. The average molecular weight is 781 g/mol. The summed E-state index contributed by atoms with van der Waals surface area (Å²) in [6.45, 7) is 0. The first-order valence-electron chi connectivity index (χ1n) is 15.9. The zero-order chi connectivity index (χ0) is 35.9. The summed E-state index contributed by atoms with van der Waals surface area (Å²) in [5.74, 6) is -5.46. The number of aromatic hydroxyl groups is 1. The molecule has 2 heterocycles. The summed E-state index contributed by atoms with van der Waals surface area (Å²) in [4.78, 5) is 56.1. The molecule has 2 saturated heterocycles. The van der Waals surface area contributed by atoms with Crippen LogP contribution in [-0.2, 0) is 19.2 Å². The number of carbonyl (C=O) groups is 4. The maximum atomic E-state index is 14.3. The lowest BCUT2D eigenvalue weighted by atomic mass is 9.56. The van der Waals surface area contributed by atoms with Crippen LogP contribution in [0.4, 0.5) is 22.7 Å². The molecular weight excluding hydrogens is 749 g/mol. The lowest BCUT2D eigenvalue weighted by molar-refractivity contribution is -0.138. The summed E-state index contributed by atoms with van der Waals surface area (Å²) in [5.41, 5.74) is 3.70. The first-order valence-corrected chi connectivity index (χ1v) is 17.4. The normalized spacial score (nSPS) is 28.9. The van der Waals surface area contributed by atoms with E-state index in [0.29, 0.717) is 28.2 Å². The Bertz CT molecular complexity index is 2020. The molecule has 258 valence electrons. The van der Waals surface area contributed by atoms with Gasteiger partial charge in [0, 0.05) is 32.7 Å². The standard InChI is InChI=1S/C36H32BrCl2N5O6/c1-42(2)21-9-5-19(6-10-21)40-41-20-7-11-22(12-8-20)44-31(46)24-14-13-23-25(28(24)32(44)47)17-35(38)33(48)43(3)34(49)36(35,39)29(23)18-15-26(37)30(45)27(16-18)50-4/h5-13,15-16,24-25,28-29,45H,14,17H2,1-4H3. The number of benzene rings is 3. The molecule has 2 aliphatic carbocycles. The number of fused-ring (bicyclic) bond motifs is 4. The number of rotatable bonds is 6. The molecule has 6 atom stereocenters. The van der Waals surface area contributed by atoms with Gasteiger partial charge < -0.3 is 14.7 Å². The minimum absolute atomic E-state index is 0.111. The number of phenols is 1. The lowest BCUT2D eigenvalue weighted by Crippen LogP contribution is -2.60. The molecule has 0 radical (unpaired) electrons. The van der Waals surface area contributed by atoms with E-state index in [1.54, 1.807) is 36.4 Å². The van der Waals surface area contributed by atoms with E-state index < -0.39 is 51.1 Å². The van der Waals surface area contributed by atoms with Gasteiger partial charge in [0.2, 0.25) is 11.8 Å². The van der Waals surface area contributed by atoms with E-state index in [9.17, 15) is 24.3 Å². The number of phenolic OH excluding ortho intramolecular Hbond substituents is 1. The fourth-order valence-electron chi connectivity index (χ4n) is 7.89. The SMILES string of the molecule is COc1cc(C2C3=CCC4C(=O)N(c5ccc(N=Nc6ccc(N(C)C)cc6)cc5)C(=O)C4C3CC3(Cl)C(=O)N(C)C(=O)C23Cl)cc(Br)c1O. The van der Waals surface area contributed by atoms with E-state index in [1.807, 2.05) is 49.3 Å². The molecule has 2 aliphatic heterocycles. The van der Waals surface area contributed by atoms with Crippen molar-refractivity contribution in [3.63, 3.8) is 0 Å². The van der Waals surface area contributed by atoms with Crippen LogP contribution in [0.3, 0.4) is 0 Å². The fraction of sp³-hybridized carbons (Fsp3) is 0.333. The zero-order valence-corrected chi connectivity index (χ0v) is 30.5. The van der Waals surface area contributed by atoms with Gasteiger partial charge in [-0.05, 0) is 101 Å². The van der Waals surface area contributed by atoms with Crippen LogP contribution in [0.25, 0.3) is 0 Å². The van der Waals surface area contributed by atoms with Crippen LogP contribution < -0.4 is 14.5 Å². The largest absolute Gasteiger partial charge is 0.503 e. The maximum Gasteiger partial charge on any atom is 0.253 e. The third kappa shape index (κ3) is 4.90. The number of carbonyl (C=O) groups excluding carboxylic acids is 4. The van der Waals surface area contributed by atoms with Crippen molar-refractivity contribution in [2.45, 2.75) is 28.5 Å². The van der Waals surface area contributed by atoms with E-state index in [4.69, 9.17) is 27.9 Å². The molecule has 1 N–H and O–H groups in total. The number of methoxy groups -OCH3 is 1. The van der Waals surface area contributed by atoms with Crippen LogP contribution in [0, 0.1) is 17.8 Å². The van der Waals surface area contributed by atoms with Gasteiger partial charge in [-0.3, -0.25) is 29.0 Å². The van der Waals surface area contributed by atoms with Crippen molar-refractivity contribution >= 4 is 85.5 Å². The molecule has 0 spiro atoms. The summed E-state index contributed by atoms with van der Waals surface area (Å²) in [6.07, 6.45) is 1.93. The molecule has 1 saturated carbocycles. The second kappa shape index (κ2) is 12.2. The number of nitrogens with zero attached hydrogens (tertiary/aromatic N) is 5. The molecule has 50 heavy (non-hydrogen) atoms. The Morgan fingerprint density at radius 2 is 1.54 bits per heavy atom. The highest BCUT2D eigenvalue weighted by Crippen LogP contribution is 2.65. The number of azo groups is 1. The average Bonchev–Trinajstić information content (AvgIpc) is 3.43. The van der Waals surface area contributed by atoms with Crippen molar-refractivity contribution in [1.29, 1.82) is 0 Å². The summed E-state index contributed by atoms with van der Waals surface area (Å²) in [7, 11) is 6.62. The van der Waals surface area contributed by atoms with Gasteiger partial charge in [-0.2, -0.15) is 10.2 Å². The Labute approximate surface area is 306 Å². The summed E-state index contributed by atoms with van der Waals surface area (Å²) in [6, 6.07) is 17.4. The van der Waals surface area contributed by atoms with Crippen molar-refractivity contribution in [2.24, 2.45) is 28.0 Å². The number of imide groups is 2. The van der Waals surface area contributed by atoms with Gasteiger partial charge in [-0.25, -0.2) is 0 Å². The van der Waals surface area contributed by atoms with Crippen LogP contribution in [0.15, 0.2) is 87.0 Å². The summed E-state index contributed by atoms with van der Waals surface area (Å²) < 4.78 is 5.67. The number of hydrogen-bond donors (Lipinski definition) is 1. The highest BCUT2D eigenvalue weighted by molar-refractivity contribution is 9.10. The van der Waals surface area contributed by atoms with E-state index in [2.05, 4.69) is 26.2 Å². The second-order valence-corrected chi connectivity index (χ2v) is 15.3. The molecule has 3 aromatic rings. The predicted octanol–water partition coefficient (Wildman–Crippen LogP) is 6.84. The van der Waals surface area contributed by atoms with Gasteiger partial charge in [0.15, 0.2) is 21.2 Å². The Balaban J connectivity index is 1.23. The predicted molar refractivity (Wildman–Crippen MR) is 192 cm³/mol. The molecule has 3 fully saturated rings. The van der Waals surface area contributed by atoms with Crippen LogP contribution in [-0.4, -0.2) is 71.6 Å². The molecule has 6 unspecified atom stereocenters. The monoisotopic (exact) mass is 779 g/mol. The number of alkyl halides is 2. The minimum Gasteiger partial charge on any atom is -0.503 e. The summed E-state index contributed by atoms with van der Waals surface area (Å²) >= 11 is 17.9. The van der Waals surface area contributed by atoms with Crippen molar-refractivity contribution in [3.05, 3.63) is 82.3 Å². The van der Waals surface area contributed by atoms with Crippen molar-refractivity contribution in [2.75, 3.05) is 38.1 Å². The van der Waals surface area contributed by atoms with Gasteiger partial charge in [-0.1, -0.05) is 11.6 Å². The third-order valence-corrected chi connectivity index (χ3v) is 12.4. The lowest BCUT2D eigenvalue weighted by Gasteiger charge is -2.50. The first-order chi connectivity index (χ1) is 23.7. The van der Waals surface area contributed by atoms with E-state index in [1.165, 1.54) is 19.1 Å². The van der Waals surface area contributed by atoms with Crippen LogP contribution in [0.5, 0.6) is 11.5 Å². The molecule has 0 bridgehead atoms. The maximum absolute atomic E-state index is 14.3. The molecule has 4 aliphatic rings. The van der Waals surface area contributed by atoms with Crippen molar-refractivity contribution in [3.8, 4) is 11.5 Å². The van der Waals surface area contributed by atoms with E-state index in [-0.39, 0.29) is 34.7 Å². The van der Waals surface area contributed by atoms with Crippen molar-refractivity contribution < 1.29 is 29.0 Å². The molecule has 4 amide bonds. The quantitative estimate of drug-likeness (QED) is 0.125. The molecule has 0 aromatic heterocycles. The Morgan fingerprint density at radius 3 is 2.14 bits per heavy atom. The van der Waals surface area contributed by atoms with Crippen LogP contribution >= 0.6 is 39.1 Å². The molecule has 7 rings (SSSR count). The number of hydrogen-bond acceptors (Lipinski definition) is 9. The number of allylic oxidation sites excluding steroid dienone is 2. The molecule has 14 heteroatoms. The summed E-state index contributed by atoms with van der Waals surface area (Å²) in [5, 5.41) is 19.2. The number of anilines is 2. The van der Waals surface area contributed by atoms with Gasteiger partial charge in [0.1, 0.15) is 0 Å². The number of halogens is 3. The van der Waals surface area contributed by atoms with Gasteiger partial charge in [0.25, 0.3) is 11.8 Å². The van der Waals surface area contributed by atoms with Crippen LogP contribution in [0.2, 0.25) is 0 Å². The van der Waals surface area contributed by atoms with E-state index >= 15 is 0 Å². The van der Waals surface area contributed by atoms with Gasteiger partial charge in [0.05, 0.1) is 40.5 Å². The third-order valence-electron chi connectivity index (χ3n) is 10.4. The Hall–Kier alpha value is -4.26. The molecule has 11 nitrogen and oxygen atoms in total. The number of ether oxygens (including phenoxy) is 1. The second-order valence-electron chi connectivity index (χ2n) is 13.2. The molecule has 3 aromatic carbocycles. The van der Waals surface area contributed by atoms with Gasteiger partial charge in [-0.15, -0.1) is 23.2 Å². The first kappa shape index (κ1) is 34.2. The smallest absolute Gasteiger partial charge is 0.253 e. The topological polar surface area (TPSA) is 132 Å². The Morgan fingerprint density at radius 1 is 0.920 bits per heavy atom. The van der Waals surface area contributed by atoms with Crippen molar-refractivity contribution in [1.82, 2.24) is 4.90 Å². The van der Waals surface area contributed by atoms with Gasteiger partial charge >= 0.3 is 0 Å². The zero-order valence-electron chi connectivity index (χ0n) is 27.4. The highest BCUT2D eigenvalue weighted by Gasteiger charge is 2.76.